The average molecular weight is 405 g/mol. The lowest BCUT2D eigenvalue weighted by Crippen LogP contribution is -2.23. The van der Waals surface area contributed by atoms with Gasteiger partial charge in [-0.3, -0.25) is 9.89 Å². The van der Waals surface area contributed by atoms with E-state index in [0.29, 0.717) is 28.3 Å². The first-order valence-corrected chi connectivity index (χ1v) is 8.19. The van der Waals surface area contributed by atoms with Crippen LogP contribution in [0.4, 0.5) is 4.39 Å². The standard InChI is InChI=1S/C17H14BrFN4O2/c1-10-15(18)16(23-22-10)17(24)21-9-11-5-6-14(20-8-11)25-13-4-2-3-12(19)7-13/h2-8H,9H2,1H3,(H,21,24)(H,22,23). The zero-order chi connectivity index (χ0) is 17.8. The van der Waals surface area contributed by atoms with Crippen molar-refractivity contribution in [3.05, 3.63) is 69.8 Å². The Kier molecular flexibility index (Phi) is 5.08. The predicted octanol–water partition coefficient (Wildman–Crippen LogP) is 3.74. The molecule has 3 rings (SSSR count). The molecule has 0 unspecified atom stereocenters. The Hall–Kier alpha value is -2.74. The Balaban J connectivity index is 1.59. The van der Waals surface area contributed by atoms with Crippen LogP contribution in [0, 0.1) is 12.7 Å². The molecule has 0 saturated carbocycles. The van der Waals surface area contributed by atoms with E-state index in [1.165, 1.54) is 12.1 Å². The van der Waals surface area contributed by atoms with Crippen molar-refractivity contribution in [3.8, 4) is 11.6 Å². The number of carbonyl (C=O) groups is 1. The Bertz CT molecular complexity index is 896. The minimum atomic E-state index is -0.378. The van der Waals surface area contributed by atoms with E-state index in [1.54, 1.807) is 30.5 Å². The molecule has 0 bridgehead atoms. The summed E-state index contributed by atoms with van der Waals surface area (Å²) < 4.78 is 19.2. The quantitative estimate of drug-likeness (QED) is 0.678. The molecule has 2 aromatic heterocycles. The zero-order valence-electron chi connectivity index (χ0n) is 13.2. The Morgan fingerprint density at radius 1 is 1.36 bits per heavy atom. The number of amides is 1. The second kappa shape index (κ2) is 7.43. The monoisotopic (exact) mass is 404 g/mol. The summed E-state index contributed by atoms with van der Waals surface area (Å²) in [4.78, 5) is 16.2. The first-order valence-electron chi connectivity index (χ1n) is 7.40. The van der Waals surface area contributed by atoms with Crippen LogP contribution < -0.4 is 10.1 Å². The minimum Gasteiger partial charge on any atom is -0.439 e. The number of carbonyl (C=O) groups excluding carboxylic acids is 1. The van der Waals surface area contributed by atoms with Crippen LogP contribution in [0.1, 0.15) is 21.7 Å². The van der Waals surface area contributed by atoms with Crippen molar-refractivity contribution in [2.24, 2.45) is 0 Å². The lowest BCUT2D eigenvalue weighted by atomic mass is 10.2. The van der Waals surface area contributed by atoms with Crippen LogP contribution in [0.15, 0.2) is 47.1 Å². The van der Waals surface area contributed by atoms with Gasteiger partial charge in [0.25, 0.3) is 5.91 Å². The van der Waals surface area contributed by atoms with Crippen LogP contribution >= 0.6 is 15.9 Å². The van der Waals surface area contributed by atoms with E-state index in [1.807, 2.05) is 6.92 Å². The van der Waals surface area contributed by atoms with Gasteiger partial charge in [0.05, 0.1) is 4.47 Å². The van der Waals surface area contributed by atoms with Gasteiger partial charge in [0.15, 0.2) is 5.69 Å². The Morgan fingerprint density at radius 2 is 2.20 bits per heavy atom. The van der Waals surface area contributed by atoms with Crippen LogP contribution in [0.5, 0.6) is 11.6 Å². The van der Waals surface area contributed by atoms with E-state index >= 15 is 0 Å². The number of halogens is 2. The fourth-order valence-electron chi connectivity index (χ4n) is 2.06. The molecule has 3 aromatic rings. The minimum absolute atomic E-state index is 0.295. The number of aryl methyl sites for hydroxylation is 1. The van der Waals surface area contributed by atoms with Crippen molar-refractivity contribution in [2.75, 3.05) is 0 Å². The predicted molar refractivity (Wildman–Crippen MR) is 92.9 cm³/mol. The van der Waals surface area contributed by atoms with Crippen molar-refractivity contribution in [1.29, 1.82) is 0 Å². The third-order valence-corrected chi connectivity index (χ3v) is 4.33. The second-order valence-corrected chi connectivity index (χ2v) is 6.05. The molecule has 2 heterocycles. The maximum atomic E-state index is 13.1. The normalized spacial score (nSPS) is 10.5. The number of pyridine rings is 1. The number of nitrogens with one attached hydrogen (secondary N) is 2. The number of rotatable bonds is 5. The summed E-state index contributed by atoms with van der Waals surface area (Å²) in [6.45, 7) is 2.11. The second-order valence-electron chi connectivity index (χ2n) is 5.26. The highest BCUT2D eigenvalue weighted by Gasteiger charge is 2.15. The van der Waals surface area contributed by atoms with Gasteiger partial charge >= 0.3 is 0 Å². The smallest absolute Gasteiger partial charge is 0.273 e. The molecule has 0 radical (unpaired) electrons. The highest BCUT2D eigenvalue weighted by atomic mass is 79.9. The number of ether oxygens (including phenoxy) is 1. The van der Waals surface area contributed by atoms with Gasteiger partial charge in [0.2, 0.25) is 5.88 Å². The van der Waals surface area contributed by atoms with Crippen LogP contribution in [0.25, 0.3) is 0 Å². The van der Waals surface area contributed by atoms with Crippen LogP contribution in [-0.2, 0) is 6.54 Å². The van der Waals surface area contributed by atoms with Crippen LogP contribution in [0.3, 0.4) is 0 Å². The molecule has 6 nitrogen and oxygen atoms in total. The first kappa shape index (κ1) is 17.1. The summed E-state index contributed by atoms with van der Waals surface area (Å²) in [7, 11) is 0. The highest BCUT2D eigenvalue weighted by molar-refractivity contribution is 9.10. The molecular weight excluding hydrogens is 391 g/mol. The van der Waals surface area contributed by atoms with Gasteiger partial charge in [0, 0.05) is 30.6 Å². The molecule has 2 N–H and O–H groups in total. The summed E-state index contributed by atoms with van der Waals surface area (Å²) in [6.07, 6.45) is 1.58. The lowest BCUT2D eigenvalue weighted by Gasteiger charge is -2.07. The number of aromatic nitrogens is 3. The Labute approximate surface area is 151 Å². The maximum Gasteiger partial charge on any atom is 0.273 e. The third kappa shape index (κ3) is 4.21. The Morgan fingerprint density at radius 3 is 2.84 bits per heavy atom. The van der Waals surface area contributed by atoms with Crippen molar-refractivity contribution in [2.45, 2.75) is 13.5 Å². The van der Waals surface area contributed by atoms with Gasteiger partial charge in [-0.15, -0.1) is 0 Å². The fraction of sp³-hybridized carbons (Fsp3) is 0.118. The highest BCUT2D eigenvalue weighted by Crippen LogP contribution is 2.20. The number of H-pyrrole nitrogens is 1. The van der Waals surface area contributed by atoms with E-state index in [-0.39, 0.29) is 11.7 Å². The molecule has 0 aliphatic carbocycles. The largest absolute Gasteiger partial charge is 0.439 e. The van der Waals surface area contributed by atoms with Gasteiger partial charge in [-0.25, -0.2) is 9.37 Å². The SMILES string of the molecule is Cc1[nH]nc(C(=O)NCc2ccc(Oc3cccc(F)c3)nc2)c1Br. The zero-order valence-corrected chi connectivity index (χ0v) is 14.8. The third-order valence-electron chi connectivity index (χ3n) is 3.36. The summed E-state index contributed by atoms with van der Waals surface area (Å²) in [5.41, 5.74) is 1.88. The molecule has 8 heteroatoms. The topological polar surface area (TPSA) is 79.9 Å². The van der Waals surface area contributed by atoms with E-state index < -0.39 is 0 Å². The summed E-state index contributed by atoms with van der Waals surface area (Å²) in [5, 5.41) is 9.45. The molecule has 0 fully saturated rings. The molecule has 25 heavy (non-hydrogen) atoms. The lowest BCUT2D eigenvalue weighted by molar-refractivity contribution is 0.0945. The van der Waals surface area contributed by atoms with E-state index in [0.717, 1.165) is 11.3 Å². The summed E-state index contributed by atoms with van der Waals surface area (Å²) >= 11 is 3.31. The van der Waals surface area contributed by atoms with E-state index in [9.17, 15) is 9.18 Å². The van der Waals surface area contributed by atoms with Crippen molar-refractivity contribution < 1.29 is 13.9 Å². The number of hydrogen-bond donors (Lipinski definition) is 2. The number of nitrogens with zero attached hydrogens (tertiary/aromatic N) is 2. The van der Waals surface area contributed by atoms with E-state index in [2.05, 4.69) is 36.4 Å². The number of hydrogen-bond acceptors (Lipinski definition) is 4. The average Bonchev–Trinajstić information content (AvgIpc) is 2.93. The van der Waals surface area contributed by atoms with Crippen molar-refractivity contribution >= 4 is 21.8 Å². The molecule has 0 aliphatic heterocycles. The molecular formula is C17H14BrFN4O2. The molecule has 0 spiro atoms. The number of benzene rings is 1. The fourth-order valence-corrected chi connectivity index (χ4v) is 2.42. The summed E-state index contributed by atoms with van der Waals surface area (Å²) in [5.74, 6) is 0.0339. The maximum absolute atomic E-state index is 13.1. The molecule has 0 aliphatic rings. The molecule has 0 saturated heterocycles. The molecule has 1 amide bonds. The van der Waals surface area contributed by atoms with Crippen molar-refractivity contribution in [1.82, 2.24) is 20.5 Å². The van der Waals surface area contributed by atoms with Gasteiger partial charge in [-0.2, -0.15) is 5.10 Å². The van der Waals surface area contributed by atoms with Crippen LogP contribution in [0.2, 0.25) is 0 Å². The van der Waals surface area contributed by atoms with Gasteiger partial charge in [0.1, 0.15) is 11.6 Å². The van der Waals surface area contributed by atoms with Crippen molar-refractivity contribution in [3.63, 3.8) is 0 Å². The summed E-state index contributed by atoms with van der Waals surface area (Å²) in [6, 6.07) is 9.24. The van der Waals surface area contributed by atoms with Crippen LogP contribution in [-0.4, -0.2) is 21.1 Å². The van der Waals surface area contributed by atoms with Gasteiger partial charge in [-0.05, 0) is 40.5 Å². The van der Waals surface area contributed by atoms with Gasteiger partial charge < -0.3 is 10.1 Å². The first-order chi connectivity index (χ1) is 12.0. The molecule has 1 aromatic carbocycles. The molecule has 128 valence electrons. The molecule has 0 atom stereocenters. The number of aromatic amines is 1. The van der Waals surface area contributed by atoms with E-state index in [4.69, 9.17) is 4.74 Å². The van der Waals surface area contributed by atoms with Gasteiger partial charge in [-0.1, -0.05) is 12.1 Å².